The summed E-state index contributed by atoms with van der Waals surface area (Å²) in [5.74, 6) is 0.628. The van der Waals surface area contributed by atoms with Gasteiger partial charge in [-0.15, -0.1) is 0 Å². The average Bonchev–Trinajstić information content (AvgIpc) is 2.70. The van der Waals surface area contributed by atoms with E-state index in [1.54, 1.807) is 6.07 Å². The molecule has 23 heavy (non-hydrogen) atoms. The monoisotopic (exact) mass is 382 g/mol. The molecule has 1 aromatic heterocycles. The number of aromatic nitrogens is 2. The van der Waals surface area contributed by atoms with Gasteiger partial charge in [0.1, 0.15) is 30.0 Å². The molecule has 1 N–H and O–H groups in total. The highest BCUT2D eigenvalue weighted by Crippen LogP contribution is 2.40. The Morgan fingerprint density at radius 3 is 3.04 bits per heavy atom. The SMILES string of the molecule is O=C(O)N1CCN2c3ncnc4c(F)c(Br)cc(c34)OC[C@@H]2C1. The molecule has 7 nitrogen and oxygen atoms in total. The van der Waals surface area contributed by atoms with E-state index in [1.807, 2.05) is 4.90 Å². The molecule has 0 unspecified atom stereocenters. The highest BCUT2D eigenvalue weighted by Gasteiger charge is 2.35. The number of hydrogen-bond donors (Lipinski definition) is 1. The molecule has 1 fully saturated rings. The van der Waals surface area contributed by atoms with Crippen LogP contribution in [0.5, 0.6) is 5.75 Å². The molecular formula is C14H12BrFN4O3. The third kappa shape index (κ3) is 2.18. The number of carboxylic acid groups (broad SMARTS) is 1. The molecule has 1 amide bonds. The molecular weight excluding hydrogens is 371 g/mol. The summed E-state index contributed by atoms with van der Waals surface area (Å²) in [4.78, 5) is 22.9. The molecule has 0 saturated carbocycles. The van der Waals surface area contributed by atoms with Gasteiger partial charge in [-0.25, -0.2) is 19.2 Å². The Kier molecular flexibility index (Phi) is 3.26. The molecule has 4 rings (SSSR count). The van der Waals surface area contributed by atoms with Crippen LogP contribution >= 0.6 is 15.9 Å². The number of hydrogen-bond acceptors (Lipinski definition) is 5. The van der Waals surface area contributed by atoms with Gasteiger partial charge in [-0.1, -0.05) is 0 Å². The number of amides is 1. The third-order valence-electron chi connectivity index (χ3n) is 4.21. The predicted octanol–water partition coefficient (Wildman–Crippen LogP) is 2.09. The first kappa shape index (κ1) is 14.4. The minimum Gasteiger partial charge on any atom is -0.490 e. The third-order valence-corrected chi connectivity index (χ3v) is 4.78. The molecule has 9 heteroatoms. The summed E-state index contributed by atoms with van der Waals surface area (Å²) < 4.78 is 20.4. The minimum absolute atomic E-state index is 0.174. The van der Waals surface area contributed by atoms with Crippen molar-refractivity contribution in [2.24, 2.45) is 0 Å². The van der Waals surface area contributed by atoms with Crippen molar-refractivity contribution in [3.63, 3.8) is 0 Å². The lowest BCUT2D eigenvalue weighted by atomic mass is 10.1. The summed E-state index contributed by atoms with van der Waals surface area (Å²) in [5, 5.41) is 9.71. The van der Waals surface area contributed by atoms with Gasteiger partial charge < -0.3 is 19.6 Å². The van der Waals surface area contributed by atoms with Crippen LogP contribution in [-0.4, -0.2) is 58.4 Å². The number of rotatable bonds is 0. The summed E-state index contributed by atoms with van der Waals surface area (Å²) in [6.45, 7) is 1.46. The van der Waals surface area contributed by atoms with Gasteiger partial charge in [0.25, 0.3) is 0 Å². The van der Waals surface area contributed by atoms with Crippen LogP contribution in [0.3, 0.4) is 0 Å². The first-order valence-corrected chi connectivity index (χ1v) is 7.85. The van der Waals surface area contributed by atoms with Crippen molar-refractivity contribution in [3.05, 3.63) is 22.7 Å². The van der Waals surface area contributed by atoms with Crippen LogP contribution in [0.1, 0.15) is 0 Å². The van der Waals surface area contributed by atoms with Crippen molar-refractivity contribution in [1.82, 2.24) is 14.9 Å². The van der Waals surface area contributed by atoms with Gasteiger partial charge in [-0.2, -0.15) is 0 Å². The zero-order chi connectivity index (χ0) is 16.1. The van der Waals surface area contributed by atoms with Crippen LogP contribution in [0, 0.1) is 5.82 Å². The summed E-state index contributed by atoms with van der Waals surface area (Å²) in [7, 11) is 0. The fourth-order valence-electron chi connectivity index (χ4n) is 3.10. The van der Waals surface area contributed by atoms with Gasteiger partial charge in [-0.05, 0) is 22.0 Å². The molecule has 0 radical (unpaired) electrons. The lowest BCUT2D eigenvalue weighted by Crippen LogP contribution is -2.56. The van der Waals surface area contributed by atoms with Crippen LogP contribution in [0.15, 0.2) is 16.9 Å². The topological polar surface area (TPSA) is 78.8 Å². The molecule has 2 aromatic rings. The van der Waals surface area contributed by atoms with E-state index in [4.69, 9.17) is 4.74 Å². The first-order chi connectivity index (χ1) is 11.1. The van der Waals surface area contributed by atoms with E-state index in [2.05, 4.69) is 25.9 Å². The lowest BCUT2D eigenvalue weighted by molar-refractivity contribution is 0.127. The number of nitrogens with zero attached hydrogens (tertiary/aromatic N) is 4. The Hall–Kier alpha value is -2.16. The second-order valence-electron chi connectivity index (χ2n) is 5.48. The van der Waals surface area contributed by atoms with Crippen LogP contribution in [0.25, 0.3) is 10.9 Å². The van der Waals surface area contributed by atoms with Crippen LogP contribution < -0.4 is 9.64 Å². The van der Waals surface area contributed by atoms with E-state index in [1.165, 1.54) is 11.2 Å². The quantitative estimate of drug-likeness (QED) is 0.751. The number of anilines is 1. The summed E-state index contributed by atoms with van der Waals surface area (Å²) >= 11 is 3.17. The normalized spacial score (nSPS) is 20.0. The van der Waals surface area contributed by atoms with E-state index in [-0.39, 0.29) is 16.0 Å². The van der Waals surface area contributed by atoms with Gasteiger partial charge in [0.2, 0.25) is 0 Å². The Labute approximate surface area is 138 Å². The lowest BCUT2D eigenvalue weighted by Gasteiger charge is -2.39. The number of piperazine rings is 1. The van der Waals surface area contributed by atoms with Crippen LogP contribution in [-0.2, 0) is 0 Å². The second kappa shape index (κ2) is 5.19. The maximum Gasteiger partial charge on any atom is 0.407 e. The maximum atomic E-state index is 14.3. The molecule has 2 aliphatic heterocycles. The molecule has 0 spiro atoms. The van der Waals surface area contributed by atoms with E-state index >= 15 is 0 Å². The van der Waals surface area contributed by atoms with E-state index in [0.717, 1.165) is 0 Å². The zero-order valence-corrected chi connectivity index (χ0v) is 13.5. The Bertz CT molecular complexity index is 818. The molecule has 2 aliphatic rings. The number of halogens is 2. The standard InChI is InChI=1S/C14H12BrFN4O3/c15-8-3-9-10-12(11(8)16)17-6-18-13(10)20-2-1-19(14(21)22)4-7(20)5-23-9/h3,6-7H,1-2,4-5H2,(H,21,22)/t7-/m0/s1. The smallest absolute Gasteiger partial charge is 0.407 e. The van der Waals surface area contributed by atoms with E-state index in [0.29, 0.717) is 43.2 Å². The van der Waals surface area contributed by atoms with Crippen molar-refractivity contribution in [2.45, 2.75) is 6.04 Å². The number of ether oxygens (including phenoxy) is 1. The number of fused-ring (bicyclic) bond motifs is 2. The van der Waals surface area contributed by atoms with Gasteiger partial charge in [-0.3, -0.25) is 0 Å². The summed E-state index contributed by atoms with van der Waals surface area (Å²) in [6, 6.07) is 1.39. The van der Waals surface area contributed by atoms with Crippen LogP contribution in [0.2, 0.25) is 0 Å². The Balaban J connectivity index is 1.86. The second-order valence-corrected chi connectivity index (χ2v) is 6.33. The molecule has 0 aliphatic carbocycles. The first-order valence-electron chi connectivity index (χ1n) is 7.06. The Morgan fingerprint density at radius 1 is 1.43 bits per heavy atom. The van der Waals surface area contributed by atoms with Gasteiger partial charge >= 0.3 is 6.09 Å². The van der Waals surface area contributed by atoms with Crippen molar-refractivity contribution < 1.29 is 19.0 Å². The highest BCUT2D eigenvalue weighted by atomic mass is 79.9. The maximum absolute atomic E-state index is 14.3. The molecule has 3 heterocycles. The molecule has 0 bridgehead atoms. The van der Waals surface area contributed by atoms with Gasteiger partial charge in [0, 0.05) is 19.6 Å². The highest BCUT2D eigenvalue weighted by molar-refractivity contribution is 9.10. The van der Waals surface area contributed by atoms with E-state index < -0.39 is 11.9 Å². The zero-order valence-electron chi connectivity index (χ0n) is 11.9. The summed E-state index contributed by atoms with van der Waals surface area (Å²) in [6.07, 6.45) is 0.371. The van der Waals surface area contributed by atoms with Crippen molar-refractivity contribution in [2.75, 3.05) is 31.1 Å². The summed E-state index contributed by atoms with van der Waals surface area (Å²) in [5.41, 5.74) is 0.195. The predicted molar refractivity (Wildman–Crippen MR) is 83.4 cm³/mol. The van der Waals surface area contributed by atoms with E-state index in [9.17, 15) is 14.3 Å². The van der Waals surface area contributed by atoms with Crippen molar-refractivity contribution in [1.29, 1.82) is 0 Å². The fraction of sp³-hybridized carbons (Fsp3) is 0.357. The molecule has 1 atom stereocenters. The van der Waals surface area contributed by atoms with Crippen LogP contribution in [0.4, 0.5) is 15.0 Å². The Morgan fingerprint density at radius 2 is 2.26 bits per heavy atom. The molecule has 1 saturated heterocycles. The van der Waals surface area contributed by atoms with Gasteiger partial charge in [0.15, 0.2) is 5.82 Å². The number of carbonyl (C=O) groups is 1. The number of benzene rings is 1. The largest absolute Gasteiger partial charge is 0.490 e. The van der Waals surface area contributed by atoms with Gasteiger partial charge in [0.05, 0.1) is 15.9 Å². The molecule has 120 valence electrons. The fourth-order valence-corrected chi connectivity index (χ4v) is 3.50. The molecule has 1 aromatic carbocycles. The van der Waals surface area contributed by atoms with Crippen molar-refractivity contribution in [3.8, 4) is 5.75 Å². The average molecular weight is 383 g/mol. The van der Waals surface area contributed by atoms with Crippen molar-refractivity contribution >= 4 is 38.7 Å². The minimum atomic E-state index is -0.951.